The maximum atomic E-state index is 12.4. The van der Waals surface area contributed by atoms with E-state index in [-0.39, 0.29) is 23.4 Å². The van der Waals surface area contributed by atoms with Gasteiger partial charge in [0.25, 0.3) is 0 Å². The summed E-state index contributed by atoms with van der Waals surface area (Å²) in [7, 11) is -0.629. The summed E-state index contributed by atoms with van der Waals surface area (Å²) in [6.07, 6.45) is 1.22. The number of hydrogen-bond donors (Lipinski definition) is 2. The van der Waals surface area contributed by atoms with Gasteiger partial charge in [0.2, 0.25) is 15.9 Å². The standard InChI is InChI=1S/C18H27N5O4S/c1-13(2)17-21-16(27-22-17)10-7-11-19-18(24)20-12-14-8-5-6-9-15(14)28(25,26)23(3)4/h5-6,8-9,13H,7,10-12H2,1-4H3,(H2,19,20,24). The summed E-state index contributed by atoms with van der Waals surface area (Å²) in [5.74, 6) is 1.43. The minimum absolute atomic E-state index is 0.108. The summed E-state index contributed by atoms with van der Waals surface area (Å²) in [6.45, 7) is 4.52. The van der Waals surface area contributed by atoms with Gasteiger partial charge in [0.1, 0.15) is 0 Å². The Kier molecular flexibility index (Phi) is 7.53. The minimum Gasteiger partial charge on any atom is -0.339 e. The number of carbonyl (C=O) groups excluding carboxylic acids is 1. The summed E-state index contributed by atoms with van der Waals surface area (Å²) < 4.78 is 31.0. The maximum Gasteiger partial charge on any atom is 0.315 e. The third-order valence-electron chi connectivity index (χ3n) is 4.02. The average Bonchev–Trinajstić information content (AvgIpc) is 3.13. The van der Waals surface area contributed by atoms with Crippen LogP contribution in [-0.4, -0.2) is 49.5 Å². The summed E-state index contributed by atoms with van der Waals surface area (Å²) in [5, 5.41) is 9.31. The van der Waals surface area contributed by atoms with Gasteiger partial charge in [0, 0.05) is 39.5 Å². The molecular formula is C18H27N5O4S. The Morgan fingerprint density at radius 1 is 1.21 bits per heavy atom. The van der Waals surface area contributed by atoms with Gasteiger partial charge in [-0.15, -0.1) is 0 Å². The molecule has 2 amide bonds. The van der Waals surface area contributed by atoms with Crippen LogP contribution in [0.15, 0.2) is 33.7 Å². The predicted molar refractivity (Wildman–Crippen MR) is 104 cm³/mol. The molecule has 0 saturated carbocycles. The van der Waals surface area contributed by atoms with E-state index in [1.807, 2.05) is 13.8 Å². The van der Waals surface area contributed by atoms with Crippen molar-refractivity contribution in [3.63, 3.8) is 0 Å². The first kappa shape index (κ1) is 21.8. The van der Waals surface area contributed by atoms with Gasteiger partial charge in [-0.3, -0.25) is 0 Å². The van der Waals surface area contributed by atoms with Crippen molar-refractivity contribution in [2.24, 2.45) is 0 Å². The molecule has 0 spiro atoms. The molecule has 0 radical (unpaired) electrons. The Hall–Kier alpha value is -2.46. The van der Waals surface area contributed by atoms with Crippen molar-refractivity contribution in [1.82, 2.24) is 25.1 Å². The molecule has 0 unspecified atom stereocenters. The molecule has 1 aromatic carbocycles. The van der Waals surface area contributed by atoms with Crippen LogP contribution in [0.5, 0.6) is 0 Å². The number of nitrogens with zero attached hydrogens (tertiary/aromatic N) is 3. The number of aromatic nitrogens is 2. The zero-order chi connectivity index (χ0) is 20.7. The number of carbonyl (C=O) groups is 1. The fraction of sp³-hybridized carbons (Fsp3) is 0.500. The quantitative estimate of drug-likeness (QED) is 0.611. The number of rotatable bonds is 9. The van der Waals surface area contributed by atoms with Gasteiger partial charge in [-0.05, 0) is 18.1 Å². The first-order valence-corrected chi connectivity index (χ1v) is 10.5. The molecule has 2 rings (SSSR count). The van der Waals surface area contributed by atoms with Crippen molar-refractivity contribution in [3.8, 4) is 0 Å². The molecule has 9 nitrogen and oxygen atoms in total. The zero-order valence-corrected chi connectivity index (χ0v) is 17.4. The summed E-state index contributed by atoms with van der Waals surface area (Å²) in [5.41, 5.74) is 0.526. The fourth-order valence-electron chi connectivity index (χ4n) is 2.38. The van der Waals surface area contributed by atoms with E-state index in [1.165, 1.54) is 20.2 Å². The second kappa shape index (κ2) is 9.65. The number of benzene rings is 1. The van der Waals surface area contributed by atoms with E-state index in [1.54, 1.807) is 18.2 Å². The van der Waals surface area contributed by atoms with Crippen LogP contribution in [-0.2, 0) is 23.0 Å². The van der Waals surface area contributed by atoms with E-state index in [0.29, 0.717) is 36.7 Å². The Morgan fingerprint density at radius 3 is 2.57 bits per heavy atom. The first-order valence-electron chi connectivity index (χ1n) is 9.06. The normalized spacial score (nSPS) is 11.8. The third kappa shape index (κ3) is 5.77. The highest BCUT2D eigenvalue weighted by Gasteiger charge is 2.20. The molecule has 0 bridgehead atoms. The van der Waals surface area contributed by atoms with Gasteiger partial charge in [-0.2, -0.15) is 4.98 Å². The molecule has 0 aliphatic rings. The summed E-state index contributed by atoms with van der Waals surface area (Å²) >= 11 is 0. The van der Waals surface area contributed by atoms with Crippen LogP contribution in [0.3, 0.4) is 0 Å². The van der Waals surface area contributed by atoms with Crippen LogP contribution in [0, 0.1) is 0 Å². The molecular weight excluding hydrogens is 382 g/mol. The second-order valence-corrected chi connectivity index (χ2v) is 8.93. The van der Waals surface area contributed by atoms with Crippen molar-refractivity contribution >= 4 is 16.1 Å². The molecule has 154 valence electrons. The Morgan fingerprint density at radius 2 is 1.93 bits per heavy atom. The van der Waals surface area contributed by atoms with E-state index in [0.717, 1.165) is 4.31 Å². The van der Waals surface area contributed by atoms with Gasteiger partial charge in [0.05, 0.1) is 4.90 Å². The number of hydrogen-bond acceptors (Lipinski definition) is 6. The molecule has 0 atom stereocenters. The van der Waals surface area contributed by atoms with E-state index in [9.17, 15) is 13.2 Å². The van der Waals surface area contributed by atoms with Crippen LogP contribution in [0.2, 0.25) is 0 Å². The van der Waals surface area contributed by atoms with E-state index in [4.69, 9.17) is 4.52 Å². The minimum atomic E-state index is -3.57. The molecule has 0 aliphatic carbocycles. The average molecular weight is 410 g/mol. The van der Waals surface area contributed by atoms with E-state index in [2.05, 4.69) is 20.8 Å². The van der Waals surface area contributed by atoms with E-state index < -0.39 is 10.0 Å². The number of sulfonamides is 1. The maximum absolute atomic E-state index is 12.4. The number of aryl methyl sites for hydroxylation is 1. The zero-order valence-electron chi connectivity index (χ0n) is 16.6. The smallest absolute Gasteiger partial charge is 0.315 e. The van der Waals surface area contributed by atoms with Crippen molar-refractivity contribution < 1.29 is 17.7 Å². The van der Waals surface area contributed by atoms with Crippen LogP contribution in [0.25, 0.3) is 0 Å². The highest BCUT2D eigenvalue weighted by atomic mass is 32.2. The molecule has 0 saturated heterocycles. The highest BCUT2D eigenvalue weighted by molar-refractivity contribution is 7.89. The van der Waals surface area contributed by atoms with Gasteiger partial charge < -0.3 is 15.2 Å². The first-order chi connectivity index (χ1) is 13.2. The van der Waals surface area contributed by atoms with Crippen molar-refractivity contribution in [1.29, 1.82) is 0 Å². The topological polar surface area (TPSA) is 117 Å². The lowest BCUT2D eigenvalue weighted by atomic mass is 10.2. The Bertz CT molecular complexity index is 893. The number of amides is 2. The van der Waals surface area contributed by atoms with Gasteiger partial charge >= 0.3 is 6.03 Å². The molecule has 28 heavy (non-hydrogen) atoms. The second-order valence-electron chi connectivity index (χ2n) is 6.81. The number of urea groups is 1. The molecule has 1 aromatic heterocycles. The van der Waals surface area contributed by atoms with Crippen molar-refractivity contribution in [3.05, 3.63) is 41.5 Å². The Balaban J connectivity index is 1.80. The molecule has 10 heteroatoms. The predicted octanol–water partition coefficient (Wildman–Crippen LogP) is 1.88. The lowest BCUT2D eigenvalue weighted by molar-refractivity contribution is 0.240. The Labute approximate surface area is 165 Å². The van der Waals surface area contributed by atoms with Crippen LogP contribution >= 0.6 is 0 Å². The number of nitrogens with one attached hydrogen (secondary N) is 2. The molecule has 2 N–H and O–H groups in total. The van der Waals surface area contributed by atoms with Crippen molar-refractivity contribution in [2.75, 3.05) is 20.6 Å². The molecule has 2 aromatic rings. The lowest BCUT2D eigenvalue weighted by Gasteiger charge is -2.15. The fourth-order valence-corrected chi connectivity index (χ4v) is 3.50. The summed E-state index contributed by atoms with van der Waals surface area (Å²) in [4.78, 5) is 16.4. The van der Waals surface area contributed by atoms with E-state index >= 15 is 0 Å². The third-order valence-corrected chi connectivity index (χ3v) is 5.94. The van der Waals surface area contributed by atoms with Crippen LogP contribution in [0.4, 0.5) is 4.79 Å². The van der Waals surface area contributed by atoms with Gasteiger partial charge in [-0.1, -0.05) is 37.2 Å². The summed E-state index contributed by atoms with van der Waals surface area (Å²) in [6, 6.07) is 6.23. The largest absolute Gasteiger partial charge is 0.339 e. The van der Waals surface area contributed by atoms with Crippen LogP contribution in [0.1, 0.15) is 43.5 Å². The SMILES string of the molecule is CC(C)c1noc(CCCNC(=O)NCc2ccccc2S(=O)(=O)N(C)C)n1. The monoisotopic (exact) mass is 409 g/mol. The van der Waals surface area contributed by atoms with Crippen LogP contribution < -0.4 is 10.6 Å². The van der Waals surface area contributed by atoms with Gasteiger partial charge in [0.15, 0.2) is 5.82 Å². The lowest BCUT2D eigenvalue weighted by Crippen LogP contribution is -2.36. The van der Waals surface area contributed by atoms with Crippen molar-refractivity contribution in [2.45, 2.75) is 44.0 Å². The molecule has 0 aliphatic heterocycles. The molecule has 1 heterocycles. The molecule has 0 fully saturated rings. The van der Waals surface area contributed by atoms with Gasteiger partial charge in [-0.25, -0.2) is 17.5 Å². The highest BCUT2D eigenvalue weighted by Crippen LogP contribution is 2.18.